The lowest BCUT2D eigenvalue weighted by molar-refractivity contribution is 0.135. The summed E-state index contributed by atoms with van der Waals surface area (Å²) < 4.78 is 5.10. The summed E-state index contributed by atoms with van der Waals surface area (Å²) in [6.45, 7) is 3.89. The quantitative estimate of drug-likeness (QED) is 0.568. The number of aliphatic hydroxyl groups excluding tert-OH is 1. The van der Waals surface area contributed by atoms with Gasteiger partial charge in [-0.05, 0) is 6.42 Å². The Bertz CT molecular complexity index is 71.5. The second-order valence-corrected chi connectivity index (χ2v) is 2.23. The summed E-state index contributed by atoms with van der Waals surface area (Å²) in [4.78, 5) is 2.19. The van der Waals surface area contributed by atoms with Gasteiger partial charge in [0.05, 0.1) is 13.3 Å². The van der Waals surface area contributed by atoms with Gasteiger partial charge in [0.15, 0.2) is 0 Å². The summed E-state index contributed by atoms with van der Waals surface area (Å²) in [7, 11) is 0. The zero-order valence-corrected chi connectivity index (χ0v) is 5.55. The van der Waals surface area contributed by atoms with Crippen molar-refractivity contribution >= 4 is 0 Å². The molecule has 1 aliphatic heterocycles. The molecule has 0 saturated carbocycles. The van der Waals surface area contributed by atoms with E-state index >= 15 is 0 Å². The Morgan fingerprint density at radius 1 is 1.56 bits per heavy atom. The van der Waals surface area contributed by atoms with Crippen LogP contribution in [0.25, 0.3) is 0 Å². The van der Waals surface area contributed by atoms with Crippen LogP contribution in [-0.2, 0) is 4.74 Å². The molecule has 54 valence electrons. The van der Waals surface area contributed by atoms with Gasteiger partial charge in [-0.25, -0.2) is 0 Å². The van der Waals surface area contributed by atoms with Gasteiger partial charge in [-0.3, -0.25) is 4.90 Å². The van der Waals surface area contributed by atoms with E-state index in [-0.39, 0.29) is 6.61 Å². The van der Waals surface area contributed by atoms with Gasteiger partial charge in [0.1, 0.15) is 0 Å². The first kappa shape index (κ1) is 6.99. The van der Waals surface area contributed by atoms with Crippen LogP contribution in [0.4, 0.5) is 0 Å². The predicted molar refractivity (Wildman–Crippen MR) is 34.1 cm³/mol. The van der Waals surface area contributed by atoms with Gasteiger partial charge in [0.2, 0.25) is 0 Å². The summed E-state index contributed by atoms with van der Waals surface area (Å²) in [5.74, 6) is 0. The minimum absolute atomic E-state index is 0.288. The molecule has 3 heteroatoms. The van der Waals surface area contributed by atoms with Crippen molar-refractivity contribution in [2.24, 2.45) is 0 Å². The third-order valence-electron chi connectivity index (χ3n) is 1.46. The fourth-order valence-electron chi connectivity index (χ4n) is 0.923. The summed E-state index contributed by atoms with van der Waals surface area (Å²) in [6, 6.07) is 0. The lowest BCUT2D eigenvalue weighted by atomic mass is 10.4. The van der Waals surface area contributed by atoms with E-state index in [2.05, 4.69) is 4.90 Å². The molecular weight excluding hydrogens is 118 g/mol. The summed E-state index contributed by atoms with van der Waals surface area (Å²) in [5, 5.41) is 8.46. The topological polar surface area (TPSA) is 32.7 Å². The van der Waals surface area contributed by atoms with Crippen molar-refractivity contribution < 1.29 is 9.84 Å². The average Bonchev–Trinajstić information content (AvgIpc) is 2.34. The maximum absolute atomic E-state index is 8.46. The Kier molecular flexibility index (Phi) is 2.97. The van der Waals surface area contributed by atoms with Crippen molar-refractivity contribution in [2.75, 3.05) is 33.0 Å². The molecule has 0 aromatic rings. The fourth-order valence-corrected chi connectivity index (χ4v) is 0.923. The monoisotopic (exact) mass is 131 g/mol. The molecular formula is C6H13NO2. The Balaban J connectivity index is 1.98. The van der Waals surface area contributed by atoms with Gasteiger partial charge < -0.3 is 9.84 Å². The molecule has 1 rings (SSSR count). The molecule has 0 aliphatic carbocycles. The van der Waals surface area contributed by atoms with Crippen LogP contribution < -0.4 is 0 Å². The summed E-state index contributed by atoms with van der Waals surface area (Å²) in [5.41, 5.74) is 0. The summed E-state index contributed by atoms with van der Waals surface area (Å²) in [6.07, 6.45) is 0.864. The minimum atomic E-state index is 0.288. The predicted octanol–water partition coefficient (Wildman–Crippen LogP) is -0.342. The van der Waals surface area contributed by atoms with Gasteiger partial charge >= 0.3 is 0 Å². The highest BCUT2D eigenvalue weighted by Crippen LogP contribution is 1.98. The van der Waals surface area contributed by atoms with Crippen LogP contribution in [0.15, 0.2) is 0 Å². The molecule has 3 nitrogen and oxygen atoms in total. The van der Waals surface area contributed by atoms with E-state index in [1.54, 1.807) is 0 Å². The smallest absolute Gasteiger partial charge is 0.0991 e. The molecule has 0 radical (unpaired) electrons. The fraction of sp³-hybridized carbons (Fsp3) is 1.00. The molecule has 0 amide bonds. The van der Waals surface area contributed by atoms with Crippen LogP contribution in [0.2, 0.25) is 0 Å². The molecule has 0 bridgehead atoms. The third-order valence-corrected chi connectivity index (χ3v) is 1.46. The van der Waals surface area contributed by atoms with E-state index in [1.165, 1.54) is 0 Å². The van der Waals surface area contributed by atoms with Crippen LogP contribution in [-0.4, -0.2) is 43.0 Å². The normalized spacial score (nSPS) is 21.0. The van der Waals surface area contributed by atoms with Gasteiger partial charge in [0, 0.05) is 19.7 Å². The molecule has 1 aliphatic rings. The first-order valence-corrected chi connectivity index (χ1v) is 3.34. The van der Waals surface area contributed by atoms with E-state index in [0.717, 1.165) is 32.8 Å². The standard InChI is InChI=1S/C6H13NO2/c8-4-1-2-7-3-5-9-6-7/h8H,1-6H2. The second kappa shape index (κ2) is 3.82. The Labute approximate surface area is 55.2 Å². The van der Waals surface area contributed by atoms with Crippen LogP contribution >= 0.6 is 0 Å². The largest absolute Gasteiger partial charge is 0.396 e. The molecule has 0 aromatic carbocycles. The average molecular weight is 131 g/mol. The molecule has 0 unspecified atom stereocenters. The van der Waals surface area contributed by atoms with Crippen molar-refractivity contribution in [1.82, 2.24) is 4.90 Å². The van der Waals surface area contributed by atoms with Gasteiger partial charge in [-0.2, -0.15) is 0 Å². The molecule has 1 fully saturated rings. The number of hydrogen-bond donors (Lipinski definition) is 1. The van der Waals surface area contributed by atoms with E-state index in [1.807, 2.05) is 0 Å². The molecule has 1 N–H and O–H groups in total. The first-order chi connectivity index (χ1) is 4.43. The highest BCUT2D eigenvalue weighted by molar-refractivity contribution is 4.57. The number of aliphatic hydroxyl groups is 1. The highest BCUT2D eigenvalue weighted by atomic mass is 16.5. The molecule has 0 atom stereocenters. The summed E-state index contributed by atoms with van der Waals surface area (Å²) >= 11 is 0. The van der Waals surface area contributed by atoms with E-state index in [4.69, 9.17) is 9.84 Å². The second-order valence-electron chi connectivity index (χ2n) is 2.23. The molecule has 1 heterocycles. The SMILES string of the molecule is OCCCN1CCOC1. The van der Waals surface area contributed by atoms with Gasteiger partial charge in [-0.15, -0.1) is 0 Å². The molecule has 9 heavy (non-hydrogen) atoms. The number of ether oxygens (including phenoxy) is 1. The lowest BCUT2D eigenvalue weighted by Gasteiger charge is -2.10. The first-order valence-electron chi connectivity index (χ1n) is 3.34. The Morgan fingerprint density at radius 2 is 2.44 bits per heavy atom. The highest BCUT2D eigenvalue weighted by Gasteiger charge is 2.09. The van der Waals surface area contributed by atoms with Crippen molar-refractivity contribution in [2.45, 2.75) is 6.42 Å². The van der Waals surface area contributed by atoms with Crippen LogP contribution in [0.5, 0.6) is 0 Å². The third kappa shape index (κ3) is 2.30. The minimum Gasteiger partial charge on any atom is -0.396 e. The maximum Gasteiger partial charge on any atom is 0.0991 e. The van der Waals surface area contributed by atoms with Crippen molar-refractivity contribution in [3.63, 3.8) is 0 Å². The maximum atomic E-state index is 8.46. The van der Waals surface area contributed by atoms with Crippen molar-refractivity contribution in [3.05, 3.63) is 0 Å². The van der Waals surface area contributed by atoms with Crippen molar-refractivity contribution in [1.29, 1.82) is 0 Å². The van der Waals surface area contributed by atoms with E-state index in [9.17, 15) is 0 Å². The molecule has 0 spiro atoms. The van der Waals surface area contributed by atoms with Crippen LogP contribution in [0.1, 0.15) is 6.42 Å². The van der Waals surface area contributed by atoms with Crippen LogP contribution in [0.3, 0.4) is 0 Å². The molecule has 1 saturated heterocycles. The Morgan fingerprint density at radius 3 is 3.00 bits per heavy atom. The zero-order valence-electron chi connectivity index (χ0n) is 5.55. The van der Waals surface area contributed by atoms with Crippen molar-refractivity contribution in [3.8, 4) is 0 Å². The van der Waals surface area contributed by atoms with Gasteiger partial charge in [0.25, 0.3) is 0 Å². The zero-order chi connectivity index (χ0) is 6.53. The number of rotatable bonds is 3. The molecule has 0 aromatic heterocycles. The van der Waals surface area contributed by atoms with E-state index < -0.39 is 0 Å². The lowest BCUT2D eigenvalue weighted by Crippen LogP contribution is -2.21. The van der Waals surface area contributed by atoms with Gasteiger partial charge in [-0.1, -0.05) is 0 Å². The van der Waals surface area contributed by atoms with E-state index in [0.29, 0.717) is 0 Å². The van der Waals surface area contributed by atoms with Crippen LogP contribution in [0, 0.1) is 0 Å². The number of hydrogen-bond acceptors (Lipinski definition) is 3. The number of nitrogens with zero attached hydrogens (tertiary/aromatic N) is 1. The Hall–Kier alpha value is -0.120.